The van der Waals surface area contributed by atoms with Crippen LogP contribution in [0.25, 0.3) is 0 Å². The molecule has 330 valence electrons. The summed E-state index contributed by atoms with van der Waals surface area (Å²) in [4.78, 5) is 25.3. The lowest BCUT2D eigenvalue weighted by molar-refractivity contribution is -0.163. The summed E-state index contributed by atoms with van der Waals surface area (Å²) >= 11 is 0. The molecule has 0 amide bonds. The first kappa shape index (κ1) is 54.8. The summed E-state index contributed by atoms with van der Waals surface area (Å²) in [5, 5.41) is 0. The highest BCUT2D eigenvalue weighted by Gasteiger charge is 2.17. The second-order valence-electron chi connectivity index (χ2n) is 15.3. The molecule has 5 heteroatoms. The van der Waals surface area contributed by atoms with Crippen LogP contribution in [-0.2, 0) is 23.8 Å². The predicted octanol–water partition coefficient (Wildman–Crippen LogP) is 15.9. The molecule has 0 aromatic rings. The Kier molecular flexibility index (Phi) is 45.5. The van der Waals surface area contributed by atoms with E-state index >= 15 is 0 Å². The molecule has 0 spiro atoms. The second-order valence-corrected chi connectivity index (χ2v) is 15.3. The van der Waals surface area contributed by atoms with Crippen molar-refractivity contribution >= 4 is 11.9 Å². The van der Waals surface area contributed by atoms with Crippen LogP contribution in [0.4, 0.5) is 0 Å². The van der Waals surface area contributed by atoms with E-state index in [1.54, 1.807) is 0 Å². The van der Waals surface area contributed by atoms with Crippen LogP contribution in [0.2, 0.25) is 0 Å². The number of esters is 2. The summed E-state index contributed by atoms with van der Waals surface area (Å²) in [5.41, 5.74) is 0. The van der Waals surface area contributed by atoms with Gasteiger partial charge in [0.25, 0.3) is 0 Å². The highest BCUT2D eigenvalue weighted by molar-refractivity contribution is 5.70. The lowest BCUT2D eigenvalue weighted by Crippen LogP contribution is -2.30. The second kappa shape index (κ2) is 48.2. The summed E-state index contributed by atoms with van der Waals surface area (Å²) in [6.07, 6.45) is 64.1. The molecular weight excluding hydrogens is 717 g/mol. The third-order valence-corrected chi connectivity index (χ3v) is 9.62. The van der Waals surface area contributed by atoms with E-state index in [1.165, 1.54) is 51.4 Å². The summed E-state index contributed by atoms with van der Waals surface area (Å²) in [6.45, 7) is 7.52. The molecule has 0 radical (unpaired) electrons. The summed E-state index contributed by atoms with van der Waals surface area (Å²) < 4.78 is 17.3. The molecule has 0 fully saturated rings. The van der Waals surface area contributed by atoms with Gasteiger partial charge >= 0.3 is 11.9 Å². The van der Waals surface area contributed by atoms with Crippen molar-refractivity contribution in [3.63, 3.8) is 0 Å². The van der Waals surface area contributed by atoms with Gasteiger partial charge in [-0.2, -0.15) is 0 Å². The number of hydrogen-bond acceptors (Lipinski definition) is 5. The maximum Gasteiger partial charge on any atom is 0.306 e. The fourth-order valence-electron chi connectivity index (χ4n) is 6.14. The Labute approximate surface area is 358 Å². The minimum Gasteiger partial charge on any atom is -0.462 e. The van der Waals surface area contributed by atoms with Gasteiger partial charge in [0.05, 0.1) is 6.61 Å². The molecule has 1 unspecified atom stereocenters. The number of hydrogen-bond donors (Lipinski definition) is 0. The third-order valence-electron chi connectivity index (χ3n) is 9.62. The average molecular weight is 805 g/mol. The summed E-state index contributed by atoms with van der Waals surface area (Å²) in [7, 11) is 0. The number of ether oxygens (including phenoxy) is 3. The molecule has 5 nitrogen and oxygen atoms in total. The van der Waals surface area contributed by atoms with Gasteiger partial charge in [-0.25, -0.2) is 0 Å². The number of unbranched alkanes of at least 4 members (excludes halogenated alkanes) is 15. The zero-order valence-corrected chi connectivity index (χ0v) is 37.8. The highest BCUT2D eigenvalue weighted by atomic mass is 16.6. The molecule has 0 aromatic heterocycles. The summed E-state index contributed by atoms with van der Waals surface area (Å²) in [6, 6.07) is 0. The fourth-order valence-corrected chi connectivity index (χ4v) is 6.14. The minimum atomic E-state index is -0.560. The maximum atomic E-state index is 12.7. The van der Waals surface area contributed by atoms with Gasteiger partial charge in [-0.1, -0.05) is 189 Å². The molecule has 0 aliphatic carbocycles. The SMILES string of the molecule is CC/C=C\C/C=C\C/C=C\C/C=C\C/C=C\CCCCCC(=O)OCC(COCCCCCCCCCC)OC(=O)CCCCCCC/C=C\C/C=C\C/C=C\CC. The van der Waals surface area contributed by atoms with Gasteiger partial charge in [0.1, 0.15) is 6.61 Å². The van der Waals surface area contributed by atoms with E-state index in [0.29, 0.717) is 19.4 Å². The normalized spacial score (nSPS) is 13.1. The van der Waals surface area contributed by atoms with E-state index in [0.717, 1.165) is 116 Å². The molecule has 0 bridgehead atoms. The first-order valence-electron chi connectivity index (χ1n) is 23.8. The smallest absolute Gasteiger partial charge is 0.306 e. The van der Waals surface area contributed by atoms with E-state index in [2.05, 4.69) is 118 Å². The molecule has 0 heterocycles. The Morgan fingerprint density at radius 1 is 0.397 bits per heavy atom. The number of carbonyl (C=O) groups is 2. The molecule has 0 aliphatic heterocycles. The molecule has 0 rings (SSSR count). The van der Waals surface area contributed by atoms with E-state index < -0.39 is 6.10 Å². The lowest BCUT2D eigenvalue weighted by Gasteiger charge is -2.18. The summed E-state index contributed by atoms with van der Waals surface area (Å²) in [5.74, 6) is -0.460. The molecular formula is C53H88O5. The van der Waals surface area contributed by atoms with Gasteiger partial charge in [0.15, 0.2) is 6.10 Å². The topological polar surface area (TPSA) is 61.8 Å². The van der Waals surface area contributed by atoms with Crippen molar-refractivity contribution < 1.29 is 23.8 Å². The van der Waals surface area contributed by atoms with Crippen LogP contribution in [0, 0.1) is 0 Å². The van der Waals surface area contributed by atoms with E-state index in [1.807, 2.05) is 0 Å². The van der Waals surface area contributed by atoms with Gasteiger partial charge in [0.2, 0.25) is 0 Å². The van der Waals surface area contributed by atoms with E-state index in [-0.39, 0.29) is 25.2 Å². The zero-order valence-electron chi connectivity index (χ0n) is 37.8. The van der Waals surface area contributed by atoms with Crippen molar-refractivity contribution in [1.82, 2.24) is 0 Å². The van der Waals surface area contributed by atoms with Crippen LogP contribution in [0.15, 0.2) is 97.2 Å². The predicted molar refractivity (Wildman–Crippen MR) is 251 cm³/mol. The fraction of sp³-hybridized carbons (Fsp3) is 0.660. The number of rotatable bonds is 42. The van der Waals surface area contributed by atoms with Crippen LogP contribution < -0.4 is 0 Å². The molecule has 0 saturated carbocycles. The van der Waals surface area contributed by atoms with Crippen LogP contribution in [-0.4, -0.2) is 37.9 Å². The highest BCUT2D eigenvalue weighted by Crippen LogP contribution is 2.12. The van der Waals surface area contributed by atoms with Crippen molar-refractivity contribution in [2.45, 2.75) is 207 Å². The largest absolute Gasteiger partial charge is 0.462 e. The van der Waals surface area contributed by atoms with Crippen molar-refractivity contribution in [3.05, 3.63) is 97.2 Å². The Bertz CT molecular complexity index is 1140. The van der Waals surface area contributed by atoms with Crippen molar-refractivity contribution in [3.8, 4) is 0 Å². The molecule has 0 saturated heterocycles. The van der Waals surface area contributed by atoms with E-state index in [4.69, 9.17) is 14.2 Å². The number of allylic oxidation sites excluding steroid dienone is 16. The first-order chi connectivity index (χ1) is 28.6. The Morgan fingerprint density at radius 2 is 0.776 bits per heavy atom. The lowest BCUT2D eigenvalue weighted by atomic mass is 10.1. The van der Waals surface area contributed by atoms with Crippen LogP contribution in [0.5, 0.6) is 0 Å². The zero-order chi connectivity index (χ0) is 42.1. The maximum absolute atomic E-state index is 12.7. The molecule has 0 aliphatic rings. The monoisotopic (exact) mass is 805 g/mol. The van der Waals surface area contributed by atoms with Gasteiger partial charge < -0.3 is 14.2 Å². The van der Waals surface area contributed by atoms with Crippen molar-refractivity contribution in [2.75, 3.05) is 19.8 Å². The molecule has 1 atom stereocenters. The van der Waals surface area contributed by atoms with E-state index in [9.17, 15) is 9.59 Å². The molecule has 58 heavy (non-hydrogen) atoms. The molecule has 0 N–H and O–H groups in total. The quantitative estimate of drug-likeness (QED) is 0.0349. The Balaban J connectivity index is 4.29. The van der Waals surface area contributed by atoms with Crippen LogP contribution in [0.3, 0.4) is 0 Å². The van der Waals surface area contributed by atoms with Crippen molar-refractivity contribution in [1.29, 1.82) is 0 Å². The van der Waals surface area contributed by atoms with Gasteiger partial charge in [-0.15, -0.1) is 0 Å². The van der Waals surface area contributed by atoms with Gasteiger partial charge in [-0.05, 0) is 96.3 Å². The van der Waals surface area contributed by atoms with Crippen LogP contribution >= 0.6 is 0 Å². The first-order valence-corrected chi connectivity index (χ1v) is 23.8. The standard InChI is InChI=1S/C53H88O5/c1-4-7-10-13-16-19-21-23-25-26-27-28-30-31-33-35-37-40-43-46-52(54)57-50-51(49-56-48-45-42-39-18-15-12-9-6-3)58-53(55)47-44-41-38-36-34-32-29-24-22-20-17-14-11-8-5-2/h7-8,10-11,16-17,19-20,23-25,27-29,31,33,51H,4-6,9,12-15,18,21-22,26,30,32,34-50H2,1-3H3/b10-7-,11-8-,19-16-,20-17-,25-23-,28-27-,29-24-,33-31-. The minimum absolute atomic E-state index is 0.0568. The third kappa shape index (κ3) is 45.5. The van der Waals surface area contributed by atoms with Crippen LogP contribution in [0.1, 0.15) is 201 Å². The molecule has 0 aromatic carbocycles. The Hall–Kier alpha value is -3.18. The van der Waals surface area contributed by atoms with Crippen molar-refractivity contribution in [2.24, 2.45) is 0 Å². The van der Waals surface area contributed by atoms with Gasteiger partial charge in [0, 0.05) is 19.4 Å². The van der Waals surface area contributed by atoms with Gasteiger partial charge in [-0.3, -0.25) is 9.59 Å². The Morgan fingerprint density at radius 3 is 1.26 bits per heavy atom. The number of carbonyl (C=O) groups excluding carboxylic acids is 2. The average Bonchev–Trinajstić information content (AvgIpc) is 3.22.